The molecule has 0 aromatic heterocycles. The fourth-order valence-electron chi connectivity index (χ4n) is 2.93. The summed E-state index contributed by atoms with van der Waals surface area (Å²) in [6.45, 7) is 3.15. The smallest absolute Gasteiger partial charge is 0.407 e. The van der Waals surface area contributed by atoms with Gasteiger partial charge >= 0.3 is 12.4 Å². The van der Waals surface area contributed by atoms with E-state index in [4.69, 9.17) is 4.42 Å². The van der Waals surface area contributed by atoms with E-state index in [1.54, 1.807) is 19.1 Å². The second kappa shape index (κ2) is 7.46. The Labute approximate surface area is 161 Å². The highest BCUT2D eigenvalue weighted by Crippen LogP contribution is 2.37. The predicted octanol–water partition coefficient (Wildman–Crippen LogP) is 6.01. The molecule has 0 amide bonds. The van der Waals surface area contributed by atoms with Crippen LogP contribution in [0, 0.1) is 0 Å². The van der Waals surface area contributed by atoms with Crippen molar-refractivity contribution in [3.8, 4) is 11.3 Å². The Kier molecular flexibility index (Phi) is 5.34. The molecule has 0 unspecified atom stereocenters. The molecular formula is C20H16F6N2O. The molecule has 1 aromatic rings. The highest BCUT2D eigenvalue weighted by molar-refractivity contribution is 5.98. The SMILES string of the molecule is C=C(C)c1c2cc/c(=N\CC(F)(F)F)cc-2oc2cc(NCC(F)(F)F)ccc12. The second-order valence-corrected chi connectivity index (χ2v) is 6.55. The van der Waals surface area contributed by atoms with Crippen molar-refractivity contribution in [3.63, 3.8) is 0 Å². The predicted molar refractivity (Wildman–Crippen MR) is 98.6 cm³/mol. The summed E-state index contributed by atoms with van der Waals surface area (Å²) in [6.07, 6.45) is -8.81. The molecule has 0 atom stereocenters. The van der Waals surface area contributed by atoms with Gasteiger partial charge in [0.1, 0.15) is 24.4 Å². The number of alkyl halides is 6. The van der Waals surface area contributed by atoms with Crippen molar-refractivity contribution in [2.75, 3.05) is 18.4 Å². The molecule has 0 saturated carbocycles. The van der Waals surface area contributed by atoms with Gasteiger partial charge in [-0.15, -0.1) is 0 Å². The Morgan fingerprint density at radius 2 is 1.76 bits per heavy atom. The van der Waals surface area contributed by atoms with Gasteiger partial charge in [-0.2, -0.15) is 26.3 Å². The lowest BCUT2D eigenvalue weighted by molar-refractivity contribution is -0.118. The normalized spacial score (nSPS) is 13.3. The summed E-state index contributed by atoms with van der Waals surface area (Å²) < 4.78 is 80.4. The molecule has 29 heavy (non-hydrogen) atoms. The maximum atomic E-state index is 12.4. The number of nitrogens with one attached hydrogen (secondary N) is 1. The van der Waals surface area contributed by atoms with E-state index in [9.17, 15) is 26.3 Å². The highest BCUT2D eigenvalue weighted by atomic mass is 19.4. The van der Waals surface area contributed by atoms with Crippen molar-refractivity contribution in [3.05, 3.63) is 53.9 Å². The van der Waals surface area contributed by atoms with Gasteiger partial charge in [-0.05, 0) is 42.3 Å². The Morgan fingerprint density at radius 3 is 2.38 bits per heavy atom. The summed E-state index contributed by atoms with van der Waals surface area (Å²) >= 11 is 0. The van der Waals surface area contributed by atoms with E-state index < -0.39 is 25.4 Å². The molecule has 9 heteroatoms. The van der Waals surface area contributed by atoms with E-state index in [0.717, 1.165) is 0 Å². The Bertz CT molecular complexity index is 1090. The fourth-order valence-corrected chi connectivity index (χ4v) is 2.93. The first-order chi connectivity index (χ1) is 13.4. The zero-order valence-corrected chi connectivity index (χ0v) is 15.2. The molecule has 2 aliphatic rings. The number of benzene rings is 2. The molecule has 1 aliphatic heterocycles. The Balaban J connectivity index is 2.14. The van der Waals surface area contributed by atoms with Crippen molar-refractivity contribution in [1.29, 1.82) is 0 Å². The first-order valence-corrected chi connectivity index (χ1v) is 8.47. The van der Waals surface area contributed by atoms with Crippen molar-refractivity contribution < 1.29 is 30.8 Å². The first kappa shape index (κ1) is 20.8. The molecule has 0 spiro atoms. The van der Waals surface area contributed by atoms with Crippen LogP contribution in [0.4, 0.5) is 32.0 Å². The zero-order chi connectivity index (χ0) is 21.4. The van der Waals surface area contributed by atoms with Crippen LogP contribution in [0.3, 0.4) is 0 Å². The number of allylic oxidation sites excluding steroid dienone is 1. The molecule has 1 N–H and O–H groups in total. The largest absolute Gasteiger partial charge is 0.456 e. The van der Waals surface area contributed by atoms with E-state index in [-0.39, 0.29) is 22.4 Å². The van der Waals surface area contributed by atoms with Crippen molar-refractivity contribution in [1.82, 2.24) is 0 Å². The molecule has 3 rings (SSSR count). The Morgan fingerprint density at radius 1 is 1.03 bits per heavy atom. The molecule has 0 radical (unpaired) electrons. The highest BCUT2D eigenvalue weighted by Gasteiger charge is 2.27. The van der Waals surface area contributed by atoms with Gasteiger partial charge in [0.15, 0.2) is 0 Å². The van der Waals surface area contributed by atoms with Gasteiger partial charge in [-0.25, -0.2) is 0 Å². The molecule has 1 heterocycles. The van der Waals surface area contributed by atoms with Crippen LogP contribution in [0.25, 0.3) is 27.9 Å². The van der Waals surface area contributed by atoms with Gasteiger partial charge in [-0.3, -0.25) is 4.99 Å². The standard InChI is InChI=1S/C20H16F6N2O/c1-11(2)18-14-5-3-12(27-9-19(21,22)23)7-16(14)29-17-8-13(4-6-15(17)18)28-10-20(24,25)26/h3-8,27H,1,9-10H2,2H3/b28-13+. The van der Waals surface area contributed by atoms with Crippen molar-refractivity contribution >= 4 is 22.2 Å². The number of hydrogen-bond donors (Lipinski definition) is 1. The van der Waals surface area contributed by atoms with Crippen LogP contribution in [-0.4, -0.2) is 25.4 Å². The van der Waals surface area contributed by atoms with E-state index in [2.05, 4.69) is 16.9 Å². The number of rotatable bonds is 4. The summed E-state index contributed by atoms with van der Waals surface area (Å²) in [4.78, 5) is 3.51. The molecule has 1 aromatic carbocycles. The van der Waals surface area contributed by atoms with Crippen molar-refractivity contribution in [2.45, 2.75) is 19.3 Å². The number of hydrogen-bond acceptors (Lipinski definition) is 3. The minimum absolute atomic E-state index is 0.0805. The lowest BCUT2D eigenvalue weighted by Crippen LogP contribution is -2.21. The average molecular weight is 414 g/mol. The van der Waals surface area contributed by atoms with Gasteiger partial charge in [0.05, 0.1) is 5.36 Å². The number of anilines is 1. The zero-order valence-electron chi connectivity index (χ0n) is 15.2. The molecule has 0 bridgehead atoms. The summed E-state index contributed by atoms with van der Waals surface area (Å²) in [5.41, 5.74) is 2.46. The third-order valence-corrected chi connectivity index (χ3v) is 4.07. The second-order valence-electron chi connectivity index (χ2n) is 6.55. The minimum atomic E-state index is -4.43. The average Bonchev–Trinajstić information content (AvgIpc) is 2.60. The summed E-state index contributed by atoms with van der Waals surface area (Å²) in [5, 5.41) is 2.98. The fraction of sp³-hybridized carbons (Fsp3) is 0.250. The van der Waals surface area contributed by atoms with Crippen LogP contribution in [0.2, 0.25) is 0 Å². The third-order valence-electron chi connectivity index (χ3n) is 4.07. The van der Waals surface area contributed by atoms with Crippen LogP contribution < -0.4 is 10.7 Å². The molecule has 3 nitrogen and oxygen atoms in total. The van der Waals surface area contributed by atoms with Crippen LogP contribution in [0.5, 0.6) is 0 Å². The maximum Gasteiger partial charge on any atom is 0.407 e. The summed E-state index contributed by atoms with van der Waals surface area (Å²) in [6, 6.07) is 8.92. The van der Waals surface area contributed by atoms with Gasteiger partial charge in [0.2, 0.25) is 0 Å². The maximum absolute atomic E-state index is 12.4. The van der Waals surface area contributed by atoms with Gasteiger partial charge in [0, 0.05) is 28.8 Å². The lowest BCUT2D eigenvalue weighted by Gasteiger charge is -2.16. The summed E-state index contributed by atoms with van der Waals surface area (Å²) in [5.74, 6) is 0.256. The number of nitrogens with zero attached hydrogens (tertiary/aromatic N) is 1. The third kappa shape index (κ3) is 5.10. The topological polar surface area (TPSA) is 37.5 Å². The quantitative estimate of drug-likeness (QED) is 0.420. The minimum Gasteiger partial charge on any atom is -0.456 e. The van der Waals surface area contributed by atoms with Gasteiger partial charge in [0.25, 0.3) is 0 Å². The number of halogens is 6. The Hall–Kier alpha value is -2.97. The molecule has 1 aliphatic carbocycles. The molecule has 0 saturated heterocycles. The lowest BCUT2D eigenvalue weighted by atomic mass is 9.95. The monoisotopic (exact) mass is 414 g/mol. The van der Waals surface area contributed by atoms with E-state index in [1.165, 1.54) is 24.3 Å². The molecule has 154 valence electrons. The summed E-state index contributed by atoms with van der Waals surface area (Å²) in [7, 11) is 0. The van der Waals surface area contributed by atoms with Gasteiger partial charge < -0.3 is 9.73 Å². The van der Waals surface area contributed by atoms with Crippen LogP contribution >= 0.6 is 0 Å². The molecular weight excluding hydrogens is 398 g/mol. The molecule has 0 fully saturated rings. The van der Waals surface area contributed by atoms with Crippen molar-refractivity contribution in [2.24, 2.45) is 4.99 Å². The van der Waals surface area contributed by atoms with E-state index in [0.29, 0.717) is 22.1 Å². The van der Waals surface area contributed by atoms with E-state index >= 15 is 0 Å². The van der Waals surface area contributed by atoms with Gasteiger partial charge in [-0.1, -0.05) is 6.58 Å². The number of fused-ring (bicyclic) bond motifs is 2. The first-order valence-electron chi connectivity index (χ1n) is 8.47. The van der Waals surface area contributed by atoms with Crippen LogP contribution in [0.15, 0.2) is 52.4 Å². The van der Waals surface area contributed by atoms with Crippen LogP contribution in [-0.2, 0) is 0 Å². The van der Waals surface area contributed by atoms with E-state index in [1.807, 2.05) is 0 Å². The van der Waals surface area contributed by atoms with Crippen LogP contribution in [0.1, 0.15) is 12.5 Å².